The fourth-order valence-corrected chi connectivity index (χ4v) is 3.89. The Kier molecular flexibility index (Phi) is 6.72. The van der Waals surface area contributed by atoms with Crippen LogP contribution < -0.4 is 10.2 Å². The lowest BCUT2D eigenvalue weighted by molar-refractivity contribution is -0.145. The highest BCUT2D eigenvalue weighted by Crippen LogP contribution is 2.24. The molecule has 0 saturated carbocycles. The number of likely N-dealkylation sites (tertiary alicyclic amines) is 1. The predicted octanol–water partition coefficient (Wildman–Crippen LogP) is 0.650. The predicted molar refractivity (Wildman–Crippen MR) is 110 cm³/mol. The van der Waals surface area contributed by atoms with Crippen LogP contribution in [0.2, 0.25) is 0 Å². The smallest absolute Gasteiger partial charge is 0.310 e. The van der Waals surface area contributed by atoms with E-state index < -0.39 is 0 Å². The minimum absolute atomic E-state index is 0.103. The van der Waals surface area contributed by atoms with E-state index in [0.29, 0.717) is 13.1 Å². The number of aromatic nitrogens is 1. The van der Waals surface area contributed by atoms with Crippen LogP contribution in [0.25, 0.3) is 0 Å². The van der Waals surface area contributed by atoms with Crippen molar-refractivity contribution < 1.29 is 9.53 Å². The van der Waals surface area contributed by atoms with Gasteiger partial charge in [0.15, 0.2) is 5.96 Å². The van der Waals surface area contributed by atoms with Gasteiger partial charge in [-0.15, -0.1) is 0 Å². The Morgan fingerprint density at radius 1 is 1.32 bits per heavy atom. The van der Waals surface area contributed by atoms with Gasteiger partial charge in [0.2, 0.25) is 0 Å². The number of hydrogen-bond donors (Lipinski definition) is 1. The largest absolute Gasteiger partial charge is 0.469 e. The molecule has 0 amide bonds. The van der Waals surface area contributed by atoms with E-state index in [2.05, 4.69) is 50.0 Å². The van der Waals surface area contributed by atoms with Crippen LogP contribution in [0.1, 0.15) is 12.5 Å². The monoisotopic (exact) mass is 388 g/mol. The average Bonchev–Trinajstić information content (AvgIpc) is 3.10. The molecule has 2 aliphatic rings. The van der Waals surface area contributed by atoms with E-state index >= 15 is 0 Å². The fraction of sp³-hybridized carbons (Fsp3) is 0.650. The number of nitrogens with one attached hydrogen (secondary N) is 1. The molecule has 1 aromatic rings. The fourth-order valence-electron chi connectivity index (χ4n) is 3.89. The van der Waals surface area contributed by atoms with Crippen LogP contribution in [-0.4, -0.2) is 87.2 Å². The summed E-state index contributed by atoms with van der Waals surface area (Å²) in [4.78, 5) is 27.7. The molecule has 0 aromatic carbocycles. The summed E-state index contributed by atoms with van der Waals surface area (Å²) in [7, 11) is 5.38. The SMILES string of the molecule is CN=C(NCc1ccnc(N2CCN(C)CC2)c1)N1CC(C)C(C(=O)OC)C1. The molecule has 0 bridgehead atoms. The molecule has 2 saturated heterocycles. The van der Waals surface area contributed by atoms with Crippen molar-refractivity contribution in [2.45, 2.75) is 13.5 Å². The summed E-state index contributed by atoms with van der Waals surface area (Å²) in [5.74, 6) is 1.85. The van der Waals surface area contributed by atoms with E-state index in [0.717, 1.165) is 44.5 Å². The van der Waals surface area contributed by atoms with Crippen molar-refractivity contribution in [1.29, 1.82) is 0 Å². The van der Waals surface area contributed by atoms with Gasteiger partial charge in [-0.05, 0) is 30.7 Å². The van der Waals surface area contributed by atoms with Gasteiger partial charge in [0.05, 0.1) is 13.0 Å². The van der Waals surface area contributed by atoms with E-state index in [1.807, 2.05) is 12.3 Å². The van der Waals surface area contributed by atoms with Crippen molar-refractivity contribution in [2.75, 3.05) is 65.4 Å². The molecule has 3 heterocycles. The number of hydrogen-bond acceptors (Lipinski definition) is 6. The summed E-state index contributed by atoms with van der Waals surface area (Å²) < 4.78 is 4.93. The van der Waals surface area contributed by atoms with Gasteiger partial charge in [-0.2, -0.15) is 0 Å². The standard InChI is InChI=1S/C20H32N6O2/c1-15-13-26(14-17(15)19(27)28-4)20(21-2)23-12-16-5-6-22-18(11-16)25-9-7-24(3)8-10-25/h5-6,11,15,17H,7-10,12-14H2,1-4H3,(H,21,23). The number of piperazine rings is 1. The second kappa shape index (κ2) is 9.23. The number of likely N-dealkylation sites (N-methyl/N-ethyl adjacent to an activating group) is 1. The zero-order valence-corrected chi connectivity index (χ0v) is 17.4. The first-order chi connectivity index (χ1) is 13.5. The van der Waals surface area contributed by atoms with Crippen molar-refractivity contribution >= 4 is 17.7 Å². The number of guanidine groups is 1. The average molecular weight is 389 g/mol. The molecule has 1 aromatic heterocycles. The van der Waals surface area contributed by atoms with E-state index in [9.17, 15) is 4.79 Å². The van der Waals surface area contributed by atoms with Gasteiger partial charge in [0.1, 0.15) is 5.82 Å². The zero-order chi connectivity index (χ0) is 20.1. The molecule has 3 rings (SSSR count). The Morgan fingerprint density at radius 3 is 2.75 bits per heavy atom. The van der Waals surface area contributed by atoms with Crippen molar-refractivity contribution in [3.05, 3.63) is 23.9 Å². The molecule has 2 atom stereocenters. The third-order valence-corrected chi connectivity index (χ3v) is 5.72. The number of ether oxygens (including phenoxy) is 1. The highest BCUT2D eigenvalue weighted by atomic mass is 16.5. The van der Waals surface area contributed by atoms with Crippen LogP contribution in [0.3, 0.4) is 0 Å². The van der Waals surface area contributed by atoms with E-state index in [1.54, 1.807) is 7.05 Å². The van der Waals surface area contributed by atoms with E-state index in [1.165, 1.54) is 12.7 Å². The van der Waals surface area contributed by atoms with Crippen LogP contribution in [0, 0.1) is 11.8 Å². The number of nitrogens with zero attached hydrogens (tertiary/aromatic N) is 5. The third-order valence-electron chi connectivity index (χ3n) is 5.72. The first-order valence-corrected chi connectivity index (χ1v) is 9.93. The Balaban J connectivity index is 1.58. The second-order valence-corrected chi connectivity index (χ2v) is 7.73. The van der Waals surface area contributed by atoms with E-state index in [-0.39, 0.29) is 17.8 Å². The minimum Gasteiger partial charge on any atom is -0.469 e. The van der Waals surface area contributed by atoms with Gasteiger partial charge in [0, 0.05) is 59.1 Å². The lowest BCUT2D eigenvalue weighted by Crippen LogP contribution is -2.44. The van der Waals surface area contributed by atoms with Crippen molar-refractivity contribution in [3.8, 4) is 0 Å². The number of aliphatic imine (C=N–C) groups is 1. The highest BCUT2D eigenvalue weighted by molar-refractivity contribution is 5.82. The molecular weight excluding hydrogens is 356 g/mol. The molecule has 2 fully saturated rings. The van der Waals surface area contributed by atoms with Gasteiger partial charge in [-0.1, -0.05) is 6.92 Å². The molecule has 0 spiro atoms. The number of pyridine rings is 1. The summed E-state index contributed by atoms with van der Waals surface area (Å²) in [6.45, 7) is 8.31. The van der Waals surface area contributed by atoms with Crippen LogP contribution in [-0.2, 0) is 16.1 Å². The number of rotatable bonds is 4. The Hall–Kier alpha value is -2.35. The van der Waals surface area contributed by atoms with Gasteiger partial charge < -0.3 is 24.8 Å². The number of esters is 1. The van der Waals surface area contributed by atoms with Crippen molar-refractivity contribution in [1.82, 2.24) is 20.1 Å². The van der Waals surface area contributed by atoms with Gasteiger partial charge >= 0.3 is 5.97 Å². The summed E-state index contributed by atoms with van der Waals surface area (Å²) >= 11 is 0. The van der Waals surface area contributed by atoms with Crippen LogP contribution >= 0.6 is 0 Å². The molecule has 2 unspecified atom stereocenters. The minimum atomic E-state index is -0.142. The maximum absolute atomic E-state index is 11.9. The van der Waals surface area contributed by atoms with Gasteiger partial charge in [-0.25, -0.2) is 4.98 Å². The molecule has 154 valence electrons. The molecule has 8 heteroatoms. The Morgan fingerprint density at radius 2 is 2.07 bits per heavy atom. The molecule has 28 heavy (non-hydrogen) atoms. The molecule has 8 nitrogen and oxygen atoms in total. The zero-order valence-electron chi connectivity index (χ0n) is 17.4. The quantitative estimate of drug-likeness (QED) is 0.461. The molecule has 0 aliphatic carbocycles. The topological polar surface area (TPSA) is 73.3 Å². The summed E-state index contributed by atoms with van der Waals surface area (Å²) in [5.41, 5.74) is 1.17. The van der Waals surface area contributed by atoms with Crippen molar-refractivity contribution in [3.63, 3.8) is 0 Å². The summed E-state index contributed by atoms with van der Waals surface area (Å²) in [5, 5.41) is 3.43. The maximum Gasteiger partial charge on any atom is 0.310 e. The molecular formula is C20H32N6O2. The van der Waals surface area contributed by atoms with Crippen LogP contribution in [0.15, 0.2) is 23.3 Å². The number of methoxy groups -OCH3 is 1. The van der Waals surface area contributed by atoms with E-state index in [4.69, 9.17) is 4.74 Å². The summed E-state index contributed by atoms with van der Waals surface area (Å²) in [6.07, 6.45) is 1.87. The molecule has 0 radical (unpaired) electrons. The third kappa shape index (κ3) is 4.73. The number of carbonyl (C=O) groups is 1. The first-order valence-electron chi connectivity index (χ1n) is 9.93. The second-order valence-electron chi connectivity index (χ2n) is 7.73. The van der Waals surface area contributed by atoms with Crippen molar-refractivity contribution in [2.24, 2.45) is 16.8 Å². The van der Waals surface area contributed by atoms with Gasteiger partial charge in [-0.3, -0.25) is 9.79 Å². The Bertz CT molecular complexity index is 702. The lowest BCUT2D eigenvalue weighted by Gasteiger charge is -2.33. The number of anilines is 1. The molecule has 1 N–H and O–H groups in total. The van der Waals surface area contributed by atoms with Crippen LogP contribution in [0.5, 0.6) is 0 Å². The van der Waals surface area contributed by atoms with Gasteiger partial charge in [0.25, 0.3) is 0 Å². The normalized spacial score (nSPS) is 23.8. The van der Waals surface area contributed by atoms with Crippen LogP contribution in [0.4, 0.5) is 5.82 Å². The molecule has 2 aliphatic heterocycles. The highest BCUT2D eigenvalue weighted by Gasteiger charge is 2.36. The maximum atomic E-state index is 11.9. The summed E-state index contributed by atoms with van der Waals surface area (Å²) in [6, 6.07) is 4.18. The number of carbonyl (C=O) groups excluding carboxylic acids is 1. The lowest BCUT2D eigenvalue weighted by atomic mass is 9.99. The Labute approximate surface area is 167 Å². The first kappa shape index (κ1) is 20.4.